The van der Waals surface area contributed by atoms with Crippen molar-refractivity contribution in [3.05, 3.63) is 0 Å². The molecule has 2 aliphatic rings. The minimum Gasteiger partial charge on any atom is -0.357 e. The van der Waals surface area contributed by atoms with Gasteiger partial charge in [0.1, 0.15) is 0 Å². The summed E-state index contributed by atoms with van der Waals surface area (Å²) in [5, 5.41) is 6.40. The van der Waals surface area contributed by atoms with E-state index in [1.54, 1.807) is 0 Å². The number of hydrogen-bond donors (Lipinski definition) is 2. The van der Waals surface area contributed by atoms with Crippen LogP contribution in [0.4, 0.5) is 13.2 Å². The van der Waals surface area contributed by atoms with E-state index >= 15 is 0 Å². The largest absolute Gasteiger partial charge is 0.401 e. The van der Waals surface area contributed by atoms with Gasteiger partial charge in [0, 0.05) is 32.2 Å². The van der Waals surface area contributed by atoms with Gasteiger partial charge in [-0.25, -0.2) is 0 Å². The molecule has 1 atom stereocenters. The summed E-state index contributed by atoms with van der Waals surface area (Å²) in [4.78, 5) is 5.94. The predicted octanol–water partition coefficient (Wildman–Crippen LogP) is 2.21. The van der Waals surface area contributed by atoms with Gasteiger partial charge in [0.05, 0.1) is 6.54 Å². The fourth-order valence-electron chi connectivity index (χ4n) is 2.38. The van der Waals surface area contributed by atoms with Crippen molar-refractivity contribution < 1.29 is 13.2 Å². The molecule has 1 aliphatic carbocycles. The van der Waals surface area contributed by atoms with E-state index in [4.69, 9.17) is 0 Å². The monoisotopic (exact) mass is 420 g/mol. The molecular weight excluding hydrogens is 396 g/mol. The van der Waals surface area contributed by atoms with Crippen molar-refractivity contribution in [3.8, 4) is 0 Å². The van der Waals surface area contributed by atoms with E-state index in [0.29, 0.717) is 19.0 Å². The van der Waals surface area contributed by atoms with Gasteiger partial charge in [-0.3, -0.25) is 9.89 Å². The highest BCUT2D eigenvalue weighted by atomic mass is 127. The van der Waals surface area contributed by atoms with Crippen molar-refractivity contribution >= 4 is 29.9 Å². The quantitative estimate of drug-likeness (QED) is 0.407. The third-order valence-corrected chi connectivity index (χ3v) is 3.56. The number of rotatable bonds is 5. The van der Waals surface area contributed by atoms with Crippen molar-refractivity contribution in [2.75, 3.05) is 32.7 Å². The zero-order valence-electron chi connectivity index (χ0n) is 12.2. The first-order valence-electron chi connectivity index (χ1n) is 7.30. The van der Waals surface area contributed by atoms with Crippen molar-refractivity contribution in [1.82, 2.24) is 15.5 Å². The van der Waals surface area contributed by atoms with Gasteiger partial charge in [0.15, 0.2) is 5.96 Å². The summed E-state index contributed by atoms with van der Waals surface area (Å²) in [7, 11) is 0. The van der Waals surface area contributed by atoms with Crippen LogP contribution in [0.2, 0.25) is 0 Å². The van der Waals surface area contributed by atoms with Crippen molar-refractivity contribution in [2.24, 2.45) is 10.9 Å². The molecule has 0 aromatic heterocycles. The van der Waals surface area contributed by atoms with Crippen molar-refractivity contribution in [1.29, 1.82) is 0 Å². The molecule has 4 nitrogen and oxygen atoms in total. The molecule has 2 rings (SSSR count). The average molecular weight is 420 g/mol. The zero-order chi connectivity index (χ0) is 14.6. The van der Waals surface area contributed by atoms with Crippen LogP contribution >= 0.6 is 24.0 Å². The van der Waals surface area contributed by atoms with Gasteiger partial charge in [-0.05, 0) is 32.1 Å². The van der Waals surface area contributed by atoms with E-state index in [9.17, 15) is 13.2 Å². The topological polar surface area (TPSA) is 39.7 Å². The van der Waals surface area contributed by atoms with E-state index < -0.39 is 12.7 Å². The highest BCUT2D eigenvalue weighted by molar-refractivity contribution is 14.0. The smallest absolute Gasteiger partial charge is 0.357 e. The minimum atomic E-state index is -4.11. The highest BCUT2D eigenvalue weighted by Crippen LogP contribution is 2.28. The maximum atomic E-state index is 12.3. The average Bonchev–Trinajstić information content (AvgIpc) is 3.07. The lowest BCUT2D eigenvalue weighted by atomic mass is 10.3. The molecule has 0 bridgehead atoms. The Morgan fingerprint density at radius 3 is 2.57 bits per heavy atom. The van der Waals surface area contributed by atoms with Crippen molar-refractivity contribution in [2.45, 2.75) is 38.4 Å². The Balaban J connectivity index is 0.00000220. The second kappa shape index (κ2) is 8.40. The number of aliphatic imine (C=N–C) groups is 1. The maximum Gasteiger partial charge on any atom is 0.401 e. The number of likely N-dealkylation sites (tertiary alicyclic amines) is 1. The van der Waals surface area contributed by atoms with E-state index in [2.05, 4.69) is 15.6 Å². The lowest BCUT2D eigenvalue weighted by Crippen LogP contribution is -2.45. The molecule has 0 radical (unpaired) electrons. The summed E-state index contributed by atoms with van der Waals surface area (Å²) in [6.07, 6.45) is -0.902. The summed E-state index contributed by atoms with van der Waals surface area (Å²) >= 11 is 0. The third-order valence-electron chi connectivity index (χ3n) is 3.56. The summed E-state index contributed by atoms with van der Waals surface area (Å²) in [6, 6.07) is 0.0503. The van der Waals surface area contributed by atoms with Crippen LogP contribution in [-0.2, 0) is 0 Å². The van der Waals surface area contributed by atoms with Crippen LogP contribution in [-0.4, -0.2) is 55.8 Å². The van der Waals surface area contributed by atoms with Crippen molar-refractivity contribution in [3.63, 3.8) is 0 Å². The first-order chi connectivity index (χ1) is 9.46. The van der Waals surface area contributed by atoms with Gasteiger partial charge in [0.2, 0.25) is 0 Å². The van der Waals surface area contributed by atoms with E-state index in [0.717, 1.165) is 25.5 Å². The molecule has 124 valence electrons. The molecule has 1 heterocycles. The predicted molar refractivity (Wildman–Crippen MR) is 88.2 cm³/mol. The van der Waals surface area contributed by atoms with Crippen LogP contribution in [0.15, 0.2) is 4.99 Å². The van der Waals surface area contributed by atoms with Crippen LogP contribution in [0.5, 0.6) is 0 Å². The molecule has 2 N–H and O–H groups in total. The number of alkyl halides is 3. The number of hydrogen-bond acceptors (Lipinski definition) is 2. The molecule has 1 aliphatic heterocycles. The second-order valence-electron chi connectivity index (χ2n) is 5.64. The fraction of sp³-hybridized carbons (Fsp3) is 0.923. The Bertz CT molecular complexity index is 345. The number of nitrogens with one attached hydrogen (secondary N) is 2. The number of nitrogens with zero attached hydrogens (tertiary/aromatic N) is 2. The fourth-order valence-corrected chi connectivity index (χ4v) is 2.38. The minimum absolute atomic E-state index is 0. The third kappa shape index (κ3) is 7.53. The highest BCUT2D eigenvalue weighted by Gasteiger charge is 2.34. The summed E-state index contributed by atoms with van der Waals surface area (Å²) < 4.78 is 37.0. The Kier molecular flexibility index (Phi) is 7.52. The molecule has 1 saturated carbocycles. The second-order valence-corrected chi connectivity index (χ2v) is 5.64. The molecule has 0 amide bonds. The van der Waals surface area contributed by atoms with Gasteiger partial charge in [-0.15, -0.1) is 24.0 Å². The first kappa shape index (κ1) is 18.8. The summed E-state index contributed by atoms with van der Waals surface area (Å²) in [5.74, 6) is 1.44. The molecule has 0 aromatic rings. The van der Waals surface area contributed by atoms with Gasteiger partial charge < -0.3 is 10.6 Å². The van der Waals surface area contributed by atoms with E-state index in [1.165, 1.54) is 17.7 Å². The molecule has 1 saturated heterocycles. The van der Waals surface area contributed by atoms with Crippen LogP contribution in [0.1, 0.15) is 26.2 Å². The van der Waals surface area contributed by atoms with Crippen LogP contribution in [0.3, 0.4) is 0 Å². The first-order valence-corrected chi connectivity index (χ1v) is 7.30. The van der Waals surface area contributed by atoms with Crippen LogP contribution < -0.4 is 10.6 Å². The Hall–Kier alpha value is -0.250. The molecule has 2 fully saturated rings. The lowest BCUT2D eigenvalue weighted by Gasteiger charge is -2.19. The zero-order valence-corrected chi connectivity index (χ0v) is 14.6. The van der Waals surface area contributed by atoms with Gasteiger partial charge in [-0.1, -0.05) is 0 Å². The molecule has 1 unspecified atom stereocenters. The SMILES string of the molecule is CCNC(=NCC1CC1)NC1CCN(CC(F)(F)F)C1.I. The molecule has 8 heteroatoms. The Labute approximate surface area is 141 Å². The van der Waals surface area contributed by atoms with Gasteiger partial charge >= 0.3 is 6.18 Å². The van der Waals surface area contributed by atoms with E-state index in [-0.39, 0.29) is 30.0 Å². The standard InChI is InChI=1S/C13H23F3N4.HI/c1-2-17-12(18-7-10-3-4-10)19-11-5-6-20(8-11)9-13(14,15)16;/h10-11H,2-9H2,1H3,(H2,17,18,19);1H. The number of guanidine groups is 1. The van der Waals surface area contributed by atoms with Crippen LogP contribution in [0, 0.1) is 5.92 Å². The molecular formula is C13H24F3IN4. The normalized spacial score (nSPS) is 23.8. The lowest BCUT2D eigenvalue weighted by molar-refractivity contribution is -0.143. The van der Waals surface area contributed by atoms with Gasteiger partial charge in [-0.2, -0.15) is 13.2 Å². The summed E-state index contributed by atoms with van der Waals surface area (Å²) in [6.45, 7) is 3.65. The molecule has 0 aromatic carbocycles. The number of halogens is 4. The van der Waals surface area contributed by atoms with Crippen LogP contribution in [0.25, 0.3) is 0 Å². The van der Waals surface area contributed by atoms with Gasteiger partial charge in [0.25, 0.3) is 0 Å². The van der Waals surface area contributed by atoms with E-state index in [1.807, 2.05) is 6.92 Å². The Morgan fingerprint density at radius 2 is 2.00 bits per heavy atom. The Morgan fingerprint density at radius 1 is 1.29 bits per heavy atom. The maximum absolute atomic E-state index is 12.3. The molecule has 21 heavy (non-hydrogen) atoms. The summed E-state index contributed by atoms with van der Waals surface area (Å²) in [5.41, 5.74) is 0. The molecule has 0 spiro atoms.